The minimum atomic E-state index is -3.53. The molecule has 140 valence electrons. The minimum absolute atomic E-state index is 0.00445. The summed E-state index contributed by atoms with van der Waals surface area (Å²) in [5.41, 5.74) is 1.20. The van der Waals surface area contributed by atoms with Crippen molar-refractivity contribution in [3.8, 4) is 0 Å². The second-order valence-corrected chi connectivity index (χ2v) is 8.62. The van der Waals surface area contributed by atoms with Crippen LogP contribution in [0.4, 0.5) is 5.82 Å². The first-order valence-corrected chi connectivity index (χ1v) is 10.2. The number of nitrogens with one attached hydrogen (secondary N) is 1. The largest absolute Gasteiger partial charge is 0.307 e. The van der Waals surface area contributed by atoms with Crippen molar-refractivity contribution < 1.29 is 13.2 Å². The highest BCUT2D eigenvalue weighted by atomic mass is 32.2. The Morgan fingerprint density at radius 3 is 2.50 bits per heavy atom. The molecule has 8 heteroatoms. The number of carbonyl (C=O) groups is 1. The molecule has 2 heterocycles. The average Bonchev–Trinajstić information content (AvgIpc) is 2.92. The lowest BCUT2D eigenvalue weighted by atomic mass is 10.1. The van der Waals surface area contributed by atoms with E-state index in [0.29, 0.717) is 17.9 Å². The maximum atomic E-state index is 12.8. The van der Waals surface area contributed by atoms with Gasteiger partial charge in [-0.1, -0.05) is 6.42 Å². The Morgan fingerprint density at radius 1 is 1.23 bits per heavy atom. The fourth-order valence-electron chi connectivity index (χ4n) is 3.26. The van der Waals surface area contributed by atoms with Crippen molar-refractivity contribution in [3.63, 3.8) is 0 Å². The molecule has 1 N–H and O–H groups in total. The van der Waals surface area contributed by atoms with Crippen molar-refractivity contribution in [1.82, 2.24) is 14.1 Å². The first-order chi connectivity index (χ1) is 12.3. The maximum absolute atomic E-state index is 12.8. The van der Waals surface area contributed by atoms with E-state index in [9.17, 15) is 13.2 Å². The van der Waals surface area contributed by atoms with E-state index >= 15 is 0 Å². The summed E-state index contributed by atoms with van der Waals surface area (Å²) in [4.78, 5) is 12.6. The Labute approximate surface area is 154 Å². The van der Waals surface area contributed by atoms with Gasteiger partial charge < -0.3 is 5.32 Å². The number of hydrogen-bond donors (Lipinski definition) is 1. The van der Waals surface area contributed by atoms with Crippen LogP contribution in [0.25, 0.3) is 0 Å². The standard InChI is InChI=1S/C18H24N4O3S/c1-13-12-17(21(3)20-13)19-18(23)15-7-9-16(10-8-15)26(24,25)22-11-5-4-6-14(22)2/h7-10,12,14H,4-6,11H2,1-3H3,(H,19,23)/t14-/m1/s1. The zero-order valence-electron chi connectivity index (χ0n) is 15.3. The van der Waals surface area contributed by atoms with Crippen LogP contribution in [-0.4, -0.2) is 41.0 Å². The molecule has 1 saturated heterocycles. The number of carbonyl (C=O) groups excluding carboxylic acids is 1. The molecule has 1 aliphatic rings. The Balaban J connectivity index is 1.77. The molecule has 0 saturated carbocycles. The minimum Gasteiger partial charge on any atom is -0.307 e. The highest BCUT2D eigenvalue weighted by Crippen LogP contribution is 2.25. The molecule has 7 nitrogen and oxygen atoms in total. The zero-order valence-corrected chi connectivity index (χ0v) is 16.1. The molecule has 26 heavy (non-hydrogen) atoms. The van der Waals surface area contributed by atoms with Gasteiger partial charge >= 0.3 is 0 Å². The number of nitrogens with zero attached hydrogens (tertiary/aromatic N) is 3. The summed E-state index contributed by atoms with van der Waals surface area (Å²) in [7, 11) is -1.78. The van der Waals surface area contributed by atoms with Gasteiger partial charge in [0, 0.05) is 31.3 Å². The summed E-state index contributed by atoms with van der Waals surface area (Å²) in [6.07, 6.45) is 2.82. The van der Waals surface area contributed by atoms with Crippen molar-refractivity contribution in [2.45, 2.75) is 44.0 Å². The number of benzene rings is 1. The molecule has 1 aromatic carbocycles. The zero-order chi connectivity index (χ0) is 18.9. The van der Waals surface area contributed by atoms with E-state index in [1.54, 1.807) is 34.2 Å². The Kier molecular flexibility index (Phi) is 5.15. The number of aryl methyl sites for hydroxylation is 2. The Bertz CT molecular complexity index is 903. The summed E-state index contributed by atoms with van der Waals surface area (Å²) in [6.45, 7) is 4.33. The molecular weight excluding hydrogens is 352 g/mol. The molecule has 1 amide bonds. The summed E-state index contributed by atoms with van der Waals surface area (Å²) < 4.78 is 28.8. The number of aromatic nitrogens is 2. The maximum Gasteiger partial charge on any atom is 0.256 e. The first kappa shape index (κ1) is 18.6. The predicted octanol–water partition coefficient (Wildman–Crippen LogP) is 2.54. The first-order valence-electron chi connectivity index (χ1n) is 8.73. The summed E-state index contributed by atoms with van der Waals surface area (Å²) in [6, 6.07) is 7.86. The van der Waals surface area contributed by atoms with Gasteiger partial charge in [-0.3, -0.25) is 9.48 Å². The smallest absolute Gasteiger partial charge is 0.256 e. The van der Waals surface area contributed by atoms with Crippen molar-refractivity contribution in [1.29, 1.82) is 0 Å². The van der Waals surface area contributed by atoms with E-state index < -0.39 is 10.0 Å². The normalized spacial score (nSPS) is 18.7. The van der Waals surface area contributed by atoms with Crippen molar-refractivity contribution in [2.24, 2.45) is 7.05 Å². The molecule has 1 aromatic heterocycles. The van der Waals surface area contributed by atoms with Crippen LogP contribution in [0.15, 0.2) is 35.2 Å². The van der Waals surface area contributed by atoms with Crippen molar-refractivity contribution in [3.05, 3.63) is 41.6 Å². The molecule has 0 unspecified atom stereocenters. The van der Waals surface area contributed by atoms with Crippen LogP contribution in [0, 0.1) is 6.92 Å². The SMILES string of the molecule is Cc1cc(NC(=O)c2ccc(S(=O)(=O)N3CCCC[C@H]3C)cc2)n(C)n1. The Hall–Kier alpha value is -2.19. The topological polar surface area (TPSA) is 84.3 Å². The van der Waals surface area contributed by atoms with Gasteiger partial charge in [0.15, 0.2) is 0 Å². The van der Waals surface area contributed by atoms with E-state index in [0.717, 1.165) is 25.0 Å². The van der Waals surface area contributed by atoms with Crippen LogP contribution in [0.1, 0.15) is 42.2 Å². The van der Waals surface area contributed by atoms with E-state index in [4.69, 9.17) is 0 Å². The third-order valence-corrected chi connectivity index (χ3v) is 6.74. The lowest BCUT2D eigenvalue weighted by molar-refractivity contribution is 0.102. The monoisotopic (exact) mass is 376 g/mol. The molecule has 1 fully saturated rings. The van der Waals surface area contributed by atoms with Crippen LogP contribution in [0.5, 0.6) is 0 Å². The fourth-order valence-corrected chi connectivity index (χ4v) is 4.96. The molecule has 0 bridgehead atoms. The van der Waals surface area contributed by atoms with Gasteiger partial charge in [-0.15, -0.1) is 0 Å². The quantitative estimate of drug-likeness (QED) is 0.889. The summed E-state index contributed by atoms with van der Waals surface area (Å²) >= 11 is 0. The van der Waals surface area contributed by atoms with E-state index in [-0.39, 0.29) is 16.8 Å². The number of rotatable bonds is 4. The molecule has 0 aliphatic carbocycles. The van der Waals surface area contributed by atoms with Gasteiger partial charge in [0.1, 0.15) is 5.82 Å². The third-order valence-electron chi connectivity index (χ3n) is 4.71. The summed E-state index contributed by atoms with van der Waals surface area (Å²) in [5.74, 6) is 0.287. The number of amides is 1. The highest BCUT2D eigenvalue weighted by Gasteiger charge is 2.30. The molecule has 3 rings (SSSR count). The number of sulfonamides is 1. The average molecular weight is 376 g/mol. The van der Waals surface area contributed by atoms with Crippen LogP contribution in [-0.2, 0) is 17.1 Å². The van der Waals surface area contributed by atoms with Gasteiger partial charge in [0.05, 0.1) is 10.6 Å². The fraction of sp³-hybridized carbons (Fsp3) is 0.444. The second kappa shape index (κ2) is 7.20. The van der Waals surface area contributed by atoms with Crippen LogP contribution in [0.3, 0.4) is 0 Å². The molecular formula is C18H24N4O3S. The van der Waals surface area contributed by atoms with Crippen molar-refractivity contribution in [2.75, 3.05) is 11.9 Å². The van der Waals surface area contributed by atoms with Crippen LogP contribution >= 0.6 is 0 Å². The number of anilines is 1. The Morgan fingerprint density at radius 2 is 1.92 bits per heavy atom. The lowest BCUT2D eigenvalue weighted by Gasteiger charge is -2.32. The third kappa shape index (κ3) is 3.66. The van der Waals surface area contributed by atoms with Gasteiger partial charge in [0.2, 0.25) is 10.0 Å². The molecule has 0 radical (unpaired) electrons. The van der Waals surface area contributed by atoms with Crippen molar-refractivity contribution >= 4 is 21.7 Å². The highest BCUT2D eigenvalue weighted by molar-refractivity contribution is 7.89. The van der Waals surface area contributed by atoms with Gasteiger partial charge in [-0.25, -0.2) is 8.42 Å². The van der Waals surface area contributed by atoms with Crippen LogP contribution in [0.2, 0.25) is 0 Å². The van der Waals surface area contributed by atoms with Gasteiger partial charge in [-0.05, 0) is 51.0 Å². The predicted molar refractivity (Wildman–Crippen MR) is 99.5 cm³/mol. The van der Waals surface area contributed by atoms with Gasteiger partial charge in [0.25, 0.3) is 5.91 Å². The molecule has 0 spiro atoms. The van der Waals surface area contributed by atoms with E-state index in [2.05, 4.69) is 10.4 Å². The van der Waals surface area contributed by atoms with Gasteiger partial charge in [-0.2, -0.15) is 9.40 Å². The lowest BCUT2D eigenvalue weighted by Crippen LogP contribution is -2.41. The summed E-state index contributed by atoms with van der Waals surface area (Å²) in [5, 5.41) is 6.96. The molecule has 1 atom stereocenters. The van der Waals surface area contributed by atoms with E-state index in [1.807, 2.05) is 13.8 Å². The van der Waals surface area contributed by atoms with Crippen LogP contribution < -0.4 is 5.32 Å². The number of hydrogen-bond acceptors (Lipinski definition) is 4. The molecule has 1 aliphatic heterocycles. The number of piperidine rings is 1. The molecule has 2 aromatic rings. The second-order valence-electron chi connectivity index (χ2n) is 6.73. The van der Waals surface area contributed by atoms with E-state index in [1.165, 1.54) is 12.1 Å².